The minimum absolute atomic E-state index is 0.0333. The van der Waals surface area contributed by atoms with Crippen LogP contribution in [0.25, 0.3) is 0 Å². The fraction of sp³-hybridized carbons (Fsp3) is 0.476. The molecule has 1 fully saturated rings. The SMILES string of the molecule is NC(=O)CCC(NC(=O)C1CCCN1)C(=O)NC(Cc1ccccc1)C(=O)NCC(=O)O. The zero-order valence-corrected chi connectivity index (χ0v) is 17.6. The first-order valence-corrected chi connectivity index (χ1v) is 10.4. The number of amides is 4. The van der Waals surface area contributed by atoms with Crippen LogP contribution in [0.4, 0.5) is 0 Å². The summed E-state index contributed by atoms with van der Waals surface area (Å²) in [6.07, 6.45) is 1.40. The van der Waals surface area contributed by atoms with Gasteiger partial charge in [0.25, 0.3) is 0 Å². The molecule has 1 aromatic rings. The second kappa shape index (κ2) is 12.4. The number of aliphatic carboxylic acids is 1. The first-order valence-electron chi connectivity index (χ1n) is 10.4. The van der Waals surface area contributed by atoms with Gasteiger partial charge in [0.2, 0.25) is 23.6 Å². The van der Waals surface area contributed by atoms with Crippen LogP contribution in [0.5, 0.6) is 0 Å². The summed E-state index contributed by atoms with van der Waals surface area (Å²) in [6, 6.07) is 6.28. The van der Waals surface area contributed by atoms with Crippen molar-refractivity contribution in [3.63, 3.8) is 0 Å². The van der Waals surface area contributed by atoms with Crippen LogP contribution >= 0.6 is 0 Å². The molecule has 1 aliphatic heterocycles. The summed E-state index contributed by atoms with van der Waals surface area (Å²) in [4.78, 5) is 60.0. The van der Waals surface area contributed by atoms with Crippen molar-refractivity contribution in [2.75, 3.05) is 13.1 Å². The summed E-state index contributed by atoms with van der Waals surface area (Å²) < 4.78 is 0. The number of nitrogens with one attached hydrogen (secondary N) is 4. The van der Waals surface area contributed by atoms with E-state index in [9.17, 15) is 24.0 Å². The Hall–Kier alpha value is -3.47. The maximum absolute atomic E-state index is 13.0. The number of carboxylic acids is 1. The van der Waals surface area contributed by atoms with Gasteiger partial charge in [-0.25, -0.2) is 0 Å². The van der Waals surface area contributed by atoms with E-state index >= 15 is 0 Å². The van der Waals surface area contributed by atoms with Crippen molar-refractivity contribution >= 4 is 29.6 Å². The molecule has 4 amide bonds. The number of hydrogen-bond acceptors (Lipinski definition) is 6. The fourth-order valence-electron chi connectivity index (χ4n) is 3.35. The summed E-state index contributed by atoms with van der Waals surface area (Å²) in [5.41, 5.74) is 5.94. The maximum atomic E-state index is 13.0. The summed E-state index contributed by atoms with van der Waals surface area (Å²) in [7, 11) is 0. The first-order chi connectivity index (χ1) is 15.3. The van der Waals surface area contributed by atoms with E-state index in [2.05, 4.69) is 21.3 Å². The van der Waals surface area contributed by atoms with E-state index in [1.165, 1.54) is 0 Å². The number of benzene rings is 1. The van der Waals surface area contributed by atoms with E-state index in [1.807, 2.05) is 0 Å². The van der Waals surface area contributed by atoms with E-state index in [0.29, 0.717) is 13.0 Å². The Morgan fingerprint density at radius 2 is 1.78 bits per heavy atom. The Morgan fingerprint density at radius 3 is 2.38 bits per heavy atom. The molecule has 1 aliphatic rings. The van der Waals surface area contributed by atoms with Crippen molar-refractivity contribution < 1.29 is 29.1 Å². The summed E-state index contributed by atoms with van der Waals surface area (Å²) >= 11 is 0. The zero-order valence-electron chi connectivity index (χ0n) is 17.6. The first kappa shape index (κ1) is 24.8. The molecule has 32 heavy (non-hydrogen) atoms. The number of carbonyl (C=O) groups excluding carboxylic acids is 4. The van der Waals surface area contributed by atoms with Gasteiger partial charge in [-0.3, -0.25) is 24.0 Å². The van der Waals surface area contributed by atoms with E-state index < -0.39 is 48.4 Å². The molecule has 174 valence electrons. The number of rotatable bonds is 12. The van der Waals surface area contributed by atoms with Gasteiger partial charge >= 0.3 is 5.97 Å². The molecule has 2 rings (SSSR count). The maximum Gasteiger partial charge on any atom is 0.322 e. The van der Waals surface area contributed by atoms with Gasteiger partial charge in [0.05, 0.1) is 6.04 Å². The number of carboxylic acid groups (broad SMARTS) is 1. The quantitative estimate of drug-likeness (QED) is 0.224. The average molecular weight is 447 g/mol. The zero-order chi connectivity index (χ0) is 23.5. The van der Waals surface area contributed by atoms with Gasteiger partial charge < -0.3 is 32.1 Å². The molecule has 0 bridgehead atoms. The van der Waals surface area contributed by atoms with Gasteiger partial charge in [-0.2, -0.15) is 0 Å². The van der Waals surface area contributed by atoms with E-state index in [4.69, 9.17) is 10.8 Å². The standard InChI is InChI=1S/C21H29N5O6/c22-17(27)9-8-15(25-20(31)14-7-4-10-23-14)21(32)26-16(19(30)24-12-18(28)29)11-13-5-2-1-3-6-13/h1-3,5-6,14-16,23H,4,7-12H2,(H2,22,27)(H,24,30)(H,25,31)(H,26,32)(H,28,29). The van der Waals surface area contributed by atoms with E-state index in [0.717, 1.165) is 12.0 Å². The third kappa shape index (κ3) is 8.34. The lowest BCUT2D eigenvalue weighted by atomic mass is 10.0. The molecule has 1 saturated heterocycles. The molecular formula is C21H29N5O6. The number of primary amides is 1. The molecule has 3 atom stereocenters. The number of nitrogens with two attached hydrogens (primary N) is 1. The largest absolute Gasteiger partial charge is 0.480 e. The van der Waals surface area contributed by atoms with E-state index in [1.54, 1.807) is 30.3 Å². The van der Waals surface area contributed by atoms with Gasteiger partial charge in [-0.1, -0.05) is 30.3 Å². The highest BCUT2D eigenvalue weighted by atomic mass is 16.4. The minimum Gasteiger partial charge on any atom is -0.480 e. The van der Waals surface area contributed by atoms with Crippen LogP contribution in [0.15, 0.2) is 30.3 Å². The van der Waals surface area contributed by atoms with Crippen LogP contribution < -0.4 is 27.0 Å². The van der Waals surface area contributed by atoms with Crippen molar-refractivity contribution in [3.05, 3.63) is 35.9 Å². The third-order valence-corrected chi connectivity index (χ3v) is 5.02. The molecule has 0 spiro atoms. The lowest BCUT2D eigenvalue weighted by Gasteiger charge is -2.24. The van der Waals surface area contributed by atoms with Crippen molar-refractivity contribution in [1.82, 2.24) is 21.3 Å². The fourth-order valence-corrected chi connectivity index (χ4v) is 3.35. The molecular weight excluding hydrogens is 418 g/mol. The highest BCUT2D eigenvalue weighted by Gasteiger charge is 2.30. The third-order valence-electron chi connectivity index (χ3n) is 5.02. The molecule has 3 unspecified atom stereocenters. The van der Waals surface area contributed by atoms with Crippen molar-refractivity contribution in [2.24, 2.45) is 5.73 Å². The Morgan fingerprint density at radius 1 is 1.06 bits per heavy atom. The topological polar surface area (TPSA) is 180 Å². The minimum atomic E-state index is -1.22. The van der Waals surface area contributed by atoms with Crippen molar-refractivity contribution in [2.45, 2.75) is 50.2 Å². The second-order valence-corrected chi connectivity index (χ2v) is 7.58. The molecule has 1 aromatic carbocycles. The lowest BCUT2D eigenvalue weighted by Crippen LogP contribution is -2.56. The van der Waals surface area contributed by atoms with Crippen LogP contribution in [0, 0.1) is 0 Å². The molecule has 7 N–H and O–H groups in total. The van der Waals surface area contributed by atoms with Crippen molar-refractivity contribution in [1.29, 1.82) is 0 Å². The predicted octanol–water partition coefficient (Wildman–Crippen LogP) is -1.58. The summed E-state index contributed by atoms with van der Waals surface area (Å²) in [5, 5.41) is 19.3. The normalized spacial score (nSPS) is 17.1. The summed E-state index contributed by atoms with van der Waals surface area (Å²) in [6.45, 7) is 0.0916. The predicted molar refractivity (Wildman–Crippen MR) is 114 cm³/mol. The van der Waals surface area contributed by atoms with Gasteiger partial charge in [0.1, 0.15) is 18.6 Å². The van der Waals surface area contributed by atoms with Crippen LogP contribution in [0.1, 0.15) is 31.2 Å². The molecule has 0 saturated carbocycles. The monoisotopic (exact) mass is 447 g/mol. The Bertz CT molecular complexity index is 825. The smallest absolute Gasteiger partial charge is 0.322 e. The van der Waals surface area contributed by atoms with Gasteiger partial charge in [0, 0.05) is 12.8 Å². The van der Waals surface area contributed by atoms with Crippen molar-refractivity contribution in [3.8, 4) is 0 Å². The Labute approximate surface area is 185 Å². The Balaban J connectivity index is 2.12. The van der Waals surface area contributed by atoms with Crippen LogP contribution in [0.3, 0.4) is 0 Å². The van der Waals surface area contributed by atoms with E-state index in [-0.39, 0.29) is 25.2 Å². The lowest BCUT2D eigenvalue weighted by molar-refractivity contribution is -0.138. The molecule has 0 aliphatic carbocycles. The number of hydrogen-bond donors (Lipinski definition) is 6. The van der Waals surface area contributed by atoms with Crippen LogP contribution in [-0.2, 0) is 30.4 Å². The average Bonchev–Trinajstić information content (AvgIpc) is 3.30. The second-order valence-electron chi connectivity index (χ2n) is 7.58. The molecule has 11 heteroatoms. The Kier molecular flexibility index (Phi) is 9.61. The molecule has 11 nitrogen and oxygen atoms in total. The van der Waals surface area contributed by atoms with Gasteiger partial charge in [-0.15, -0.1) is 0 Å². The molecule has 0 radical (unpaired) electrons. The highest BCUT2D eigenvalue weighted by Crippen LogP contribution is 2.08. The van der Waals surface area contributed by atoms with Gasteiger partial charge in [0.15, 0.2) is 0 Å². The molecule has 0 aromatic heterocycles. The highest BCUT2D eigenvalue weighted by molar-refractivity contribution is 5.94. The van der Waals surface area contributed by atoms with Crippen LogP contribution in [0.2, 0.25) is 0 Å². The summed E-state index contributed by atoms with van der Waals surface area (Å²) in [5.74, 6) is -3.57. The van der Waals surface area contributed by atoms with Gasteiger partial charge in [-0.05, 0) is 31.4 Å². The molecule has 1 heterocycles. The van der Waals surface area contributed by atoms with Crippen LogP contribution in [-0.4, -0.2) is 65.9 Å². The number of carbonyl (C=O) groups is 5.